The van der Waals surface area contributed by atoms with Crippen molar-refractivity contribution in [3.05, 3.63) is 18.0 Å². The van der Waals surface area contributed by atoms with E-state index in [0.717, 1.165) is 5.69 Å². The molecule has 6 heteroatoms. The highest BCUT2D eigenvalue weighted by Crippen LogP contribution is 2.30. The minimum absolute atomic E-state index is 0.511. The summed E-state index contributed by atoms with van der Waals surface area (Å²) in [6.07, 6.45) is 1.86. The molecule has 3 N–H and O–H groups in total. The van der Waals surface area contributed by atoms with Gasteiger partial charge in [0.2, 0.25) is 0 Å². The highest BCUT2D eigenvalue weighted by molar-refractivity contribution is 7.99. The summed E-state index contributed by atoms with van der Waals surface area (Å²) in [4.78, 5) is 10.8. The van der Waals surface area contributed by atoms with E-state index < -0.39 is 16.8 Å². The number of rotatable bonds is 5. The summed E-state index contributed by atoms with van der Waals surface area (Å²) in [6, 6.07) is 1.04. The Morgan fingerprint density at radius 1 is 1.75 bits per heavy atom. The number of carboxylic acid groups (broad SMARTS) is 1. The van der Waals surface area contributed by atoms with Crippen molar-refractivity contribution in [2.45, 2.75) is 30.4 Å². The van der Waals surface area contributed by atoms with Crippen LogP contribution in [0.3, 0.4) is 0 Å². The van der Waals surface area contributed by atoms with Crippen molar-refractivity contribution in [2.24, 2.45) is 12.8 Å². The normalized spacial score (nSPS) is 13.8. The van der Waals surface area contributed by atoms with Crippen LogP contribution in [0.2, 0.25) is 0 Å². The number of hydrogen-bond donors (Lipinski definition) is 2. The number of aromatic nitrogens is 2. The molecule has 1 aromatic rings. The predicted octanol–water partition coefficient (Wildman–Crippen LogP) is 0.844. The molecule has 0 aliphatic rings. The zero-order chi connectivity index (χ0) is 12.3. The fraction of sp³-hybridized carbons (Fsp3) is 0.600. The molecule has 0 radical (unpaired) electrons. The number of aryl methyl sites for hydroxylation is 1. The standard InChI is InChI=1S/C10H17N3O2S/c1-10(2,8(11)9(14)15)16-6-7-4-5-13(3)12-7/h4-5,8H,6,11H2,1-3H3,(H,14,15)/t8-/m1/s1. The van der Waals surface area contributed by atoms with Crippen molar-refractivity contribution >= 4 is 17.7 Å². The first-order valence-electron chi connectivity index (χ1n) is 4.94. The number of carboxylic acids is 1. The molecular formula is C10H17N3O2S. The van der Waals surface area contributed by atoms with Gasteiger partial charge in [0.25, 0.3) is 0 Å². The van der Waals surface area contributed by atoms with E-state index in [9.17, 15) is 4.79 Å². The van der Waals surface area contributed by atoms with Gasteiger partial charge in [0.1, 0.15) is 6.04 Å². The Morgan fingerprint density at radius 2 is 2.38 bits per heavy atom. The van der Waals surface area contributed by atoms with Crippen molar-refractivity contribution in [1.29, 1.82) is 0 Å². The number of nitrogens with two attached hydrogens (primary N) is 1. The Hall–Kier alpha value is -1.01. The Morgan fingerprint density at radius 3 is 2.81 bits per heavy atom. The fourth-order valence-corrected chi connectivity index (χ4v) is 2.14. The van der Waals surface area contributed by atoms with Gasteiger partial charge in [0, 0.05) is 23.7 Å². The highest BCUT2D eigenvalue weighted by Gasteiger charge is 2.32. The second-order valence-corrected chi connectivity index (χ2v) is 5.82. The predicted molar refractivity (Wildman–Crippen MR) is 64.2 cm³/mol. The van der Waals surface area contributed by atoms with Crippen LogP contribution in [0.15, 0.2) is 12.3 Å². The number of thioether (sulfide) groups is 1. The molecule has 16 heavy (non-hydrogen) atoms. The van der Waals surface area contributed by atoms with Gasteiger partial charge in [-0.05, 0) is 19.9 Å². The fourth-order valence-electron chi connectivity index (χ4n) is 1.19. The van der Waals surface area contributed by atoms with Crippen LogP contribution >= 0.6 is 11.8 Å². The van der Waals surface area contributed by atoms with Crippen molar-refractivity contribution in [3.8, 4) is 0 Å². The lowest BCUT2D eigenvalue weighted by atomic mass is 10.1. The summed E-state index contributed by atoms with van der Waals surface area (Å²) in [5.41, 5.74) is 6.55. The second kappa shape index (κ2) is 4.88. The average molecular weight is 243 g/mol. The largest absolute Gasteiger partial charge is 0.480 e. The van der Waals surface area contributed by atoms with Gasteiger partial charge in [-0.2, -0.15) is 5.10 Å². The summed E-state index contributed by atoms with van der Waals surface area (Å²) in [5, 5.41) is 13.1. The smallest absolute Gasteiger partial charge is 0.321 e. The molecule has 90 valence electrons. The van der Waals surface area contributed by atoms with Gasteiger partial charge in [-0.1, -0.05) is 0 Å². The molecule has 1 heterocycles. The first-order valence-corrected chi connectivity index (χ1v) is 5.92. The lowest BCUT2D eigenvalue weighted by molar-refractivity contribution is -0.139. The van der Waals surface area contributed by atoms with E-state index in [0.29, 0.717) is 5.75 Å². The van der Waals surface area contributed by atoms with Crippen molar-refractivity contribution in [1.82, 2.24) is 9.78 Å². The molecule has 1 atom stereocenters. The maximum Gasteiger partial charge on any atom is 0.321 e. The molecular weight excluding hydrogens is 226 g/mol. The maximum absolute atomic E-state index is 10.8. The Kier molecular flexibility index (Phi) is 3.98. The molecule has 0 bridgehead atoms. The molecule has 0 fully saturated rings. The Balaban J connectivity index is 2.57. The topological polar surface area (TPSA) is 81.1 Å². The molecule has 0 spiro atoms. The van der Waals surface area contributed by atoms with Crippen LogP contribution in [0.25, 0.3) is 0 Å². The van der Waals surface area contributed by atoms with Crippen molar-refractivity contribution in [2.75, 3.05) is 0 Å². The van der Waals surface area contributed by atoms with Crippen LogP contribution in [0.1, 0.15) is 19.5 Å². The van der Waals surface area contributed by atoms with E-state index in [2.05, 4.69) is 5.10 Å². The maximum atomic E-state index is 10.8. The molecule has 5 nitrogen and oxygen atoms in total. The van der Waals surface area contributed by atoms with Crippen LogP contribution in [0.5, 0.6) is 0 Å². The summed E-state index contributed by atoms with van der Waals surface area (Å²) >= 11 is 1.50. The lowest BCUT2D eigenvalue weighted by Gasteiger charge is -2.27. The van der Waals surface area contributed by atoms with Crippen LogP contribution < -0.4 is 5.73 Å². The van der Waals surface area contributed by atoms with Gasteiger partial charge in [0.15, 0.2) is 0 Å². The van der Waals surface area contributed by atoms with Crippen molar-refractivity contribution in [3.63, 3.8) is 0 Å². The van der Waals surface area contributed by atoms with Crippen LogP contribution in [-0.2, 0) is 17.6 Å². The highest BCUT2D eigenvalue weighted by atomic mass is 32.2. The van der Waals surface area contributed by atoms with Crippen molar-refractivity contribution < 1.29 is 9.90 Å². The molecule has 0 aliphatic carbocycles. The molecule has 0 amide bonds. The summed E-state index contributed by atoms with van der Waals surface area (Å²) < 4.78 is 1.21. The molecule has 0 unspecified atom stereocenters. The summed E-state index contributed by atoms with van der Waals surface area (Å²) in [7, 11) is 1.85. The average Bonchev–Trinajstić information content (AvgIpc) is 2.60. The number of aliphatic carboxylic acids is 1. The van der Waals surface area contributed by atoms with E-state index in [4.69, 9.17) is 10.8 Å². The SMILES string of the molecule is Cn1ccc(CSC(C)(C)[C@H](N)C(=O)O)n1. The minimum Gasteiger partial charge on any atom is -0.480 e. The first kappa shape index (κ1) is 13.1. The van der Waals surface area contributed by atoms with E-state index in [1.165, 1.54) is 11.8 Å². The van der Waals surface area contributed by atoms with Gasteiger partial charge in [-0.3, -0.25) is 9.48 Å². The van der Waals surface area contributed by atoms with Crippen LogP contribution in [0.4, 0.5) is 0 Å². The third-order valence-electron chi connectivity index (χ3n) is 2.38. The Bertz CT molecular complexity index is 376. The Labute approximate surface area is 99.0 Å². The molecule has 0 aromatic carbocycles. The van der Waals surface area contributed by atoms with E-state index in [1.807, 2.05) is 33.2 Å². The third-order valence-corrected chi connectivity index (χ3v) is 3.81. The molecule has 0 saturated heterocycles. The molecule has 0 saturated carbocycles. The van der Waals surface area contributed by atoms with Gasteiger partial charge >= 0.3 is 5.97 Å². The first-order chi connectivity index (χ1) is 7.33. The van der Waals surface area contributed by atoms with E-state index in [-0.39, 0.29) is 0 Å². The second-order valence-electron chi connectivity index (χ2n) is 4.19. The lowest BCUT2D eigenvalue weighted by Crippen LogP contribution is -2.46. The van der Waals surface area contributed by atoms with Crippen LogP contribution in [0, 0.1) is 0 Å². The summed E-state index contributed by atoms with van der Waals surface area (Å²) in [6.45, 7) is 3.67. The summed E-state index contributed by atoms with van der Waals surface area (Å²) in [5.74, 6) is -0.312. The van der Waals surface area contributed by atoms with E-state index in [1.54, 1.807) is 4.68 Å². The zero-order valence-electron chi connectivity index (χ0n) is 9.67. The number of nitrogens with zero attached hydrogens (tertiary/aromatic N) is 2. The minimum atomic E-state index is -0.974. The van der Waals surface area contributed by atoms with Gasteiger partial charge in [-0.25, -0.2) is 0 Å². The molecule has 1 rings (SSSR count). The quantitative estimate of drug-likeness (QED) is 0.801. The molecule has 0 aliphatic heterocycles. The van der Waals surface area contributed by atoms with E-state index >= 15 is 0 Å². The van der Waals surface area contributed by atoms with Gasteiger partial charge in [-0.15, -0.1) is 11.8 Å². The number of carbonyl (C=O) groups is 1. The monoisotopic (exact) mass is 243 g/mol. The third kappa shape index (κ3) is 3.24. The molecule has 1 aromatic heterocycles. The zero-order valence-corrected chi connectivity index (χ0v) is 10.5. The van der Waals surface area contributed by atoms with Gasteiger partial charge in [0.05, 0.1) is 5.69 Å². The van der Waals surface area contributed by atoms with Crippen LogP contribution in [-0.4, -0.2) is 31.6 Å². The number of hydrogen-bond acceptors (Lipinski definition) is 4. The van der Waals surface area contributed by atoms with Gasteiger partial charge < -0.3 is 10.8 Å².